The monoisotopic (exact) mass is 502 g/mol. The standard InChI is InChI=1S/C18H26F4N4.HI/c1-2-23-17(24-10-9-18(20,21)22)25-16-7-11-26(12-8-16)13-14-3-5-15(19)6-4-14;/h3-6,16H,2,7-13H2,1H3,(H2,23,24,25);1H. The molecule has 1 saturated heterocycles. The fourth-order valence-corrected chi connectivity index (χ4v) is 2.89. The summed E-state index contributed by atoms with van der Waals surface area (Å²) in [4.78, 5) is 6.30. The van der Waals surface area contributed by atoms with Gasteiger partial charge in [0.2, 0.25) is 0 Å². The van der Waals surface area contributed by atoms with Crippen LogP contribution >= 0.6 is 24.0 Å². The lowest BCUT2D eigenvalue weighted by atomic mass is 10.0. The van der Waals surface area contributed by atoms with Gasteiger partial charge in [-0.3, -0.25) is 9.89 Å². The van der Waals surface area contributed by atoms with Crippen molar-refractivity contribution in [3.63, 3.8) is 0 Å². The van der Waals surface area contributed by atoms with Crippen molar-refractivity contribution >= 4 is 29.9 Å². The van der Waals surface area contributed by atoms with Crippen molar-refractivity contribution in [1.29, 1.82) is 0 Å². The van der Waals surface area contributed by atoms with Crippen LogP contribution in [0.4, 0.5) is 17.6 Å². The van der Waals surface area contributed by atoms with E-state index in [4.69, 9.17) is 0 Å². The van der Waals surface area contributed by atoms with Crippen molar-refractivity contribution in [3.05, 3.63) is 35.6 Å². The molecule has 27 heavy (non-hydrogen) atoms. The summed E-state index contributed by atoms with van der Waals surface area (Å²) in [6, 6.07) is 6.68. The van der Waals surface area contributed by atoms with Gasteiger partial charge in [-0.25, -0.2) is 4.39 Å². The lowest BCUT2D eigenvalue weighted by Crippen LogP contribution is -2.48. The van der Waals surface area contributed by atoms with Gasteiger partial charge in [-0.1, -0.05) is 12.1 Å². The summed E-state index contributed by atoms with van der Waals surface area (Å²) in [6.07, 6.45) is -3.35. The maximum absolute atomic E-state index is 13.0. The van der Waals surface area contributed by atoms with Crippen LogP contribution in [0.15, 0.2) is 29.3 Å². The first-order chi connectivity index (χ1) is 12.4. The summed E-state index contributed by atoms with van der Waals surface area (Å²) in [5, 5.41) is 6.23. The van der Waals surface area contributed by atoms with Gasteiger partial charge in [-0.15, -0.1) is 24.0 Å². The predicted octanol–water partition coefficient (Wildman–Crippen LogP) is 3.92. The highest BCUT2D eigenvalue weighted by atomic mass is 127. The minimum atomic E-state index is -4.19. The molecule has 0 aromatic heterocycles. The number of hydrogen-bond acceptors (Lipinski definition) is 2. The smallest absolute Gasteiger partial charge is 0.357 e. The second-order valence-electron chi connectivity index (χ2n) is 6.45. The van der Waals surface area contributed by atoms with Gasteiger partial charge in [0.25, 0.3) is 0 Å². The Bertz CT molecular complexity index is 570. The third kappa shape index (κ3) is 9.59. The fourth-order valence-electron chi connectivity index (χ4n) is 2.89. The quantitative estimate of drug-likeness (QED) is 0.268. The molecule has 1 fully saturated rings. The molecular formula is C18H27F4IN4. The lowest BCUT2D eigenvalue weighted by molar-refractivity contribution is -0.132. The Morgan fingerprint density at radius 3 is 2.37 bits per heavy atom. The maximum Gasteiger partial charge on any atom is 0.390 e. The first-order valence-corrected chi connectivity index (χ1v) is 8.94. The Morgan fingerprint density at radius 2 is 1.81 bits per heavy atom. The predicted molar refractivity (Wildman–Crippen MR) is 110 cm³/mol. The Kier molecular flexibility index (Phi) is 10.4. The number of hydrogen-bond donors (Lipinski definition) is 2. The van der Waals surface area contributed by atoms with Gasteiger partial charge in [0, 0.05) is 32.2 Å². The van der Waals surface area contributed by atoms with Crippen molar-refractivity contribution in [3.8, 4) is 0 Å². The minimum absolute atomic E-state index is 0. The van der Waals surface area contributed by atoms with Gasteiger partial charge in [-0.2, -0.15) is 13.2 Å². The number of guanidine groups is 1. The van der Waals surface area contributed by atoms with E-state index in [1.54, 1.807) is 12.1 Å². The molecule has 1 heterocycles. The van der Waals surface area contributed by atoms with Crippen LogP contribution in [0.3, 0.4) is 0 Å². The molecule has 1 aliphatic heterocycles. The second-order valence-corrected chi connectivity index (χ2v) is 6.45. The van der Waals surface area contributed by atoms with Gasteiger partial charge < -0.3 is 10.6 Å². The molecular weight excluding hydrogens is 475 g/mol. The van der Waals surface area contributed by atoms with Crippen LogP contribution in [0, 0.1) is 5.82 Å². The van der Waals surface area contributed by atoms with Crippen molar-refractivity contribution in [2.75, 3.05) is 26.2 Å². The third-order valence-corrected chi connectivity index (χ3v) is 4.26. The normalized spacial score (nSPS) is 16.7. The van der Waals surface area contributed by atoms with Crippen LogP contribution in [-0.2, 0) is 6.54 Å². The molecule has 0 bridgehead atoms. The van der Waals surface area contributed by atoms with Gasteiger partial charge in [-0.05, 0) is 37.5 Å². The highest BCUT2D eigenvalue weighted by Crippen LogP contribution is 2.19. The minimum Gasteiger partial charge on any atom is -0.357 e. The van der Waals surface area contributed by atoms with E-state index in [9.17, 15) is 17.6 Å². The Balaban J connectivity index is 0.00000364. The molecule has 0 amide bonds. The number of halogens is 5. The molecule has 1 aromatic carbocycles. The Morgan fingerprint density at radius 1 is 1.19 bits per heavy atom. The van der Waals surface area contributed by atoms with Crippen LogP contribution in [0.2, 0.25) is 0 Å². The number of nitrogens with one attached hydrogen (secondary N) is 2. The average Bonchev–Trinajstić information content (AvgIpc) is 2.58. The van der Waals surface area contributed by atoms with E-state index in [2.05, 4.69) is 20.5 Å². The van der Waals surface area contributed by atoms with Crippen LogP contribution in [0.1, 0.15) is 31.7 Å². The first-order valence-electron chi connectivity index (χ1n) is 8.94. The summed E-state index contributed by atoms with van der Waals surface area (Å²) >= 11 is 0. The van der Waals surface area contributed by atoms with E-state index in [0.29, 0.717) is 12.5 Å². The molecule has 0 radical (unpaired) electrons. The van der Waals surface area contributed by atoms with Crippen molar-refractivity contribution in [1.82, 2.24) is 15.5 Å². The largest absolute Gasteiger partial charge is 0.390 e. The van der Waals surface area contributed by atoms with Gasteiger partial charge in [0.05, 0.1) is 13.0 Å². The molecule has 0 spiro atoms. The van der Waals surface area contributed by atoms with Crippen molar-refractivity contribution < 1.29 is 17.6 Å². The van der Waals surface area contributed by atoms with Crippen LogP contribution < -0.4 is 10.6 Å². The van der Waals surface area contributed by atoms with E-state index < -0.39 is 12.6 Å². The third-order valence-electron chi connectivity index (χ3n) is 4.26. The zero-order chi connectivity index (χ0) is 19.0. The van der Waals surface area contributed by atoms with Crippen molar-refractivity contribution in [2.45, 2.75) is 44.9 Å². The van der Waals surface area contributed by atoms with E-state index in [1.807, 2.05) is 6.92 Å². The Labute approximate surface area is 174 Å². The van der Waals surface area contributed by atoms with Crippen LogP contribution in [-0.4, -0.2) is 49.3 Å². The molecule has 1 aromatic rings. The molecule has 4 nitrogen and oxygen atoms in total. The molecule has 0 aliphatic carbocycles. The van der Waals surface area contributed by atoms with Gasteiger partial charge >= 0.3 is 6.18 Å². The second kappa shape index (κ2) is 11.7. The van der Waals surface area contributed by atoms with Crippen LogP contribution in [0.25, 0.3) is 0 Å². The number of rotatable bonds is 6. The summed E-state index contributed by atoms with van der Waals surface area (Å²) in [5.41, 5.74) is 1.07. The summed E-state index contributed by atoms with van der Waals surface area (Å²) in [7, 11) is 0. The molecule has 0 saturated carbocycles. The topological polar surface area (TPSA) is 39.7 Å². The molecule has 154 valence electrons. The number of aliphatic imine (C=N–C) groups is 1. The zero-order valence-electron chi connectivity index (χ0n) is 15.4. The van der Waals surface area contributed by atoms with Gasteiger partial charge in [0.15, 0.2) is 5.96 Å². The fraction of sp³-hybridized carbons (Fsp3) is 0.611. The van der Waals surface area contributed by atoms with E-state index >= 15 is 0 Å². The molecule has 2 rings (SSSR count). The maximum atomic E-state index is 13.0. The summed E-state index contributed by atoms with van der Waals surface area (Å²) < 4.78 is 49.7. The number of likely N-dealkylation sites (tertiary alicyclic amines) is 1. The van der Waals surface area contributed by atoms with E-state index in [1.165, 1.54) is 12.1 Å². The summed E-state index contributed by atoms with van der Waals surface area (Å²) in [5.74, 6) is 0.200. The number of piperidine rings is 1. The van der Waals surface area contributed by atoms with Crippen molar-refractivity contribution in [2.24, 2.45) is 4.99 Å². The first kappa shape index (κ1) is 23.9. The van der Waals surface area contributed by atoms with Crippen LogP contribution in [0.5, 0.6) is 0 Å². The summed E-state index contributed by atoms with van der Waals surface area (Å²) in [6.45, 7) is 4.72. The van der Waals surface area contributed by atoms with Gasteiger partial charge in [0.1, 0.15) is 5.82 Å². The number of alkyl halides is 3. The highest BCUT2D eigenvalue weighted by Gasteiger charge is 2.26. The number of benzene rings is 1. The SMILES string of the molecule is CCNC(=NCCC(F)(F)F)NC1CCN(Cc2ccc(F)cc2)CC1.I. The molecule has 1 aliphatic rings. The zero-order valence-corrected chi connectivity index (χ0v) is 17.7. The molecule has 9 heteroatoms. The lowest BCUT2D eigenvalue weighted by Gasteiger charge is -2.33. The molecule has 0 atom stereocenters. The highest BCUT2D eigenvalue weighted by molar-refractivity contribution is 14.0. The average molecular weight is 502 g/mol. The molecule has 0 unspecified atom stereocenters. The Hall–Kier alpha value is -1.10. The van der Waals surface area contributed by atoms with E-state index in [0.717, 1.165) is 38.0 Å². The molecule has 2 N–H and O–H groups in total. The number of nitrogens with zero attached hydrogens (tertiary/aromatic N) is 2. The van der Waals surface area contributed by atoms with E-state index in [-0.39, 0.29) is 42.4 Å².